The smallest absolute Gasteiger partial charge is 0.341 e. The summed E-state index contributed by atoms with van der Waals surface area (Å²) in [5.41, 5.74) is 3.52. The first-order valence-corrected chi connectivity index (χ1v) is 11.0. The van der Waals surface area contributed by atoms with Crippen LogP contribution in [0.1, 0.15) is 39.8 Å². The third-order valence-electron chi connectivity index (χ3n) is 5.36. The minimum atomic E-state index is -0.388. The Kier molecular flexibility index (Phi) is 5.72. The maximum atomic E-state index is 12.8. The zero-order valence-electron chi connectivity index (χ0n) is 17.4. The van der Waals surface area contributed by atoms with Crippen LogP contribution in [0.3, 0.4) is 0 Å². The molecule has 0 spiro atoms. The van der Waals surface area contributed by atoms with Gasteiger partial charge in [0.1, 0.15) is 5.56 Å². The van der Waals surface area contributed by atoms with Crippen LogP contribution in [0, 0.1) is 6.92 Å². The number of carbonyl (C=O) groups is 2. The number of ether oxygens (including phenoxy) is 1. The number of hydrogen-bond acceptors (Lipinski definition) is 7. The van der Waals surface area contributed by atoms with E-state index in [0.29, 0.717) is 31.8 Å². The van der Waals surface area contributed by atoms with E-state index < -0.39 is 0 Å². The van der Waals surface area contributed by atoms with Crippen LogP contribution in [0.5, 0.6) is 0 Å². The summed E-state index contributed by atoms with van der Waals surface area (Å²) in [5.74, 6) is -0.332. The molecule has 0 atom stereocenters. The van der Waals surface area contributed by atoms with Gasteiger partial charge >= 0.3 is 5.97 Å². The van der Waals surface area contributed by atoms with Crippen LogP contribution in [0.25, 0.3) is 11.0 Å². The number of nitrogens with zero attached hydrogens (tertiary/aromatic N) is 5. The second kappa shape index (κ2) is 8.43. The van der Waals surface area contributed by atoms with E-state index in [0.717, 1.165) is 40.9 Å². The Morgan fingerprint density at radius 1 is 1.23 bits per heavy atom. The predicted octanol–water partition coefficient (Wildman–Crippen LogP) is 2.87. The molecule has 3 aromatic heterocycles. The third-order valence-corrected chi connectivity index (χ3v) is 6.05. The number of hydrogen-bond donors (Lipinski definition) is 0. The number of aryl methyl sites for hydroxylation is 2. The van der Waals surface area contributed by atoms with Crippen molar-refractivity contribution in [2.24, 2.45) is 7.05 Å². The van der Waals surface area contributed by atoms with E-state index in [9.17, 15) is 9.59 Å². The predicted molar refractivity (Wildman–Crippen MR) is 116 cm³/mol. The lowest BCUT2D eigenvalue weighted by atomic mass is 10.1. The van der Waals surface area contributed by atoms with Gasteiger partial charge in [0, 0.05) is 44.8 Å². The summed E-state index contributed by atoms with van der Waals surface area (Å²) in [6.45, 7) is 6.62. The summed E-state index contributed by atoms with van der Waals surface area (Å²) in [7, 11) is 1.85. The molecule has 3 aromatic rings. The lowest BCUT2D eigenvalue weighted by Crippen LogP contribution is -2.35. The summed E-state index contributed by atoms with van der Waals surface area (Å²) in [5, 5.41) is 9.17. The van der Waals surface area contributed by atoms with Gasteiger partial charge in [0.15, 0.2) is 5.65 Å². The fourth-order valence-electron chi connectivity index (χ4n) is 3.99. The molecule has 1 aliphatic rings. The first kappa shape index (κ1) is 20.3. The molecule has 4 rings (SSSR count). The van der Waals surface area contributed by atoms with Crippen molar-refractivity contribution in [3.05, 3.63) is 39.8 Å². The fraction of sp³-hybridized carbons (Fsp3) is 0.429. The summed E-state index contributed by atoms with van der Waals surface area (Å²) in [4.78, 5) is 34.0. The van der Waals surface area contributed by atoms with Gasteiger partial charge in [0.2, 0.25) is 0 Å². The molecular formula is C21H25N5O3S. The number of anilines is 1. The lowest BCUT2D eigenvalue weighted by molar-refractivity contribution is 0.0526. The third kappa shape index (κ3) is 3.65. The molecular weight excluding hydrogens is 402 g/mol. The summed E-state index contributed by atoms with van der Waals surface area (Å²) in [6, 6.07) is 1.86. The van der Waals surface area contributed by atoms with Crippen molar-refractivity contribution in [3.8, 4) is 0 Å². The number of thiophene rings is 1. The number of carbonyl (C=O) groups excluding carboxylic acids is 2. The monoisotopic (exact) mass is 427 g/mol. The van der Waals surface area contributed by atoms with Crippen molar-refractivity contribution in [3.63, 3.8) is 0 Å². The van der Waals surface area contributed by atoms with Gasteiger partial charge in [-0.1, -0.05) is 0 Å². The summed E-state index contributed by atoms with van der Waals surface area (Å²) in [6.07, 6.45) is 2.39. The summed E-state index contributed by atoms with van der Waals surface area (Å²) >= 11 is 1.52. The minimum Gasteiger partial charge on any atom is -0.462 e. The molecule has 0 aliphatic carbocycles. The van der Waals surface area contributed by atoms with Gasteiger partial charge in [0.05, 0.1) is 28.9 Å². The molecule has 8 nitrogen and oxygen atoms in total. The van der Waals surface area contributed by atoms with Gasteiger partial charge in [-0.3, -0.25) is 9.48 Å². The highest BCUT2D eigenvalue weighted by Crippen LogP contribution is 2.33. The number of amides is 1. The Labute approximate surface area is 179 Å². The molecule has 0 saturated carbocycles. The van der Waals surface area contributed by atoms with Gasteiger partial charge in [0.25, 0.3) is 5.91 Å². The molecule has 30 heavy (non-hydrogen) atoms. The second-order valence-corrected chi connectivity index (χ2v) is 8.07. The molecule has 0 bridgehead atoms. The summed E-state index contributed by atoms with van der Waals surface area (Å²) < 4.78 is 7.03. The van der Waals surface area contributed by atoms with E-state index in [1.807, 2.05) is 35.7 Å². The van der Waals surface area contributed by atoms with Crippen molar-refractivity contribution >= 4 is 39.9 Å². The zero-order chi connectivity index (χ0) is 21.3. The highest BCUT2D eigenvalue weighted by molar-refractivity contribution is 7.08. The van der Waals surface area contributed by atoms with Crippen LogP contribution < -0.4 is 4.90 Å². The minimum absolute atomic E-state index is 0.0566. The Morgan fingerprint density at radius 3 is 2.80 bits per heavy atom. The Hall–Kier alpha value is -2.94. The van der Waals surface area contributed by atoms with Gasteiger partial charge in [-0.05, 0) is 31.7 Å². The number of aromatic nitrogens is 3. The van der Waals surface area contributed by atoms with Gasteiger partial charge < -0.3 is 14.5 Å². The highest BCUT2D eigenvalue weighted by Gasteiger charge is 2.27. The van der Waals surface area contributed by atoms with Crippen LogP contribution >= 0.6 is 11.3 Å². The molecule has 1 saturated heterocycles. The quantitative estimate of drug-likeness (QED) is 0.596. The first-order chi connectivity index (χ1) is 14.5. The zero-order valence-corrected chi connectivity index (χ0v) is 18.2. The maximum Gasteiger partial charge on any atom is 0.341 e. The average Bonchev–Trinajstić information content (AvgIpc) is 3.29. The number of esters is 1. The number of pyridine rings is 1. The van der Waals surface area contributed by atoms with Crippen LogP contribution in [0.4, 0.5) is 5.69 Å². The van der Waals surface area contributed by atoms with Crippen LogP contribution in [0.2, 0.25) is 0 Å². The normalized spacial score (nSPS) is 14.8. The van der Waals surface area contributed by atoms with E-state index >= 15 is 0 Å². The van der Waals surface area contributed by atoms with E-state index in [1.165, 1.54) is 11.3 Å². The standard InChI is InChI=1S/C21H25N5O3S/c1-4-29-21(28)16-12-22-19-17(14(2)23-24(19)3)18(16)25-7-5-8-26(10-9-25)20(27)15-6-11-30-13-15/h6,11-13H,4-5,7-10H2,1-3H3. The van der Waals surface area contributed by atoms with Crippen molar-refractivity contribution in [2.45, 2.75) is 20.3 Å². The van der Waals surface area contributed by atoms with E-state index in [1.54, 1.807) is 17.8 Å². The van der Waals surface area contributed by atoms with Crippen molar-refractivity contribution in [2.75, 3.05) is 37.7 Å². The first-order valence-electron chi connectivity index (χ1n) is 10.1. The molecule has 158 valence electrons. The van der Waals surface area contributed by atoms with Gasteiger partial charge in [-0.15, -0.1) is 0 Å². The van der Waals surface area contributed by atoms with Crippen LogP contribution in [0.15, 0.2) is 23.0 Å². The fourth-order valence-corrected chi connectivity index (χ4v) is 4.62. The molecule has 9 heteroatoms. The molecule has 0 N–H and O–H groups in total. The van der Waals surface area contributed by atoms with E-state index in [-0.39, 0.29) is 11.9 Å². The Balaban J connectivity index is 1.70. The van der Waals surface area contributed by atoms with Crippen molar-refractivity contribution < 1.29 is 14.3 Å². The topological polar surface area (TPSA) is 80.6 Å². The van der Waals surface area contributed by atoms with Crippen molar-refractivity contribution in [1.82, 2.24) is 19.7 Å². The van der Waals surface area contributed by atoms with Gasteiger partial charge in [-0.25, -0.2) is 9.78 Å². The largest absolute Gasteiger partial charge is 0.462 e. The Bertz CT molecular complexity index is 1080. The number of fused-ring (bicyclic) bond motifs is 1. The van der Waals surface area contributed by atoms with Crippen molar-refractivity contribution in [1.29, 1.82) is 0 Å². The molecule has 1 fully saturated rings. The molecule has 1 amide bonds. The molecule has 4 heterocycles. The van der Waals surface area contributed by atoms with Gasteiger partial charge in [-0.2, -0.15) is 16.4 Å². The molecule has 1 aliphatic heterocycles. The number of rotatable bonds is 4. The SMILES string of the molecule is CCOC(=O)c1cnc2c(c(C)nn2C)c1N1CCCN(C(=O)c2ccsc2)CC1. The maximum absolute atomic E-state index is 12.8. The highest BCUT2D eigenvalue weighted by atomic mass is 32.1. The van der Waals surface area contributed by atoms with E-state index in [2.05, 4.69) is 15.0 Å². The average molecular weight is 428 g/mol. The Morgan fingerprint density at radius 2 is 2.07 bits per heavy atom. The molecule has 0 unspecified atom stereocenters. The van der Waals surface area contributed by atoms with Crippen LogP contribution in [-0.4, -0.2) is 64.3 Å². The lowest BCUT2D eigenvalue weighted by Gasteiger charge is -2.26. The second-order valence-electron chi connectivity index (χ2n) is 7.29. The molecule has 0 aromatic carbocycles. The van der Waals surface area contributed by atoms with E-state index in [4.69, 9.17) is 4.74 Å². The molecule has 0 radical (unpaired) electrons. The van der Waals surface area contributed by atoms with Crippen LogP contribution in [-0.2, 0) is 11.8 Å².